The molecule has 0 saturated heterocycles. The maximum Gasteiger partial charge on any atom is 0.262 e. The second-order valence-electron chi connectivity index (χ2n) is 6.87. The van der Waals surface area contributed by atoms with Crippen LogP contribution in [0, 0.1) is 13.8 Å². The molecule has 4 aromatic rings. The Morgan fingerprint density at radius 1 is 1.07 bits per heavy atom. The van der Waals surface area contributed by atoms with E-state index in [9.17, 15) is 4.79 Å². The summed E-state index contributed by atoms with van der Waals surface area (Å²) in [7, 11) is 1.73. The molecular weight excluding hydrogens is 372 g/mol. The number of aryl methyl sites for hydroxylation is 3. The van der Waals surface area contributed by atoms with Crippen LogP contribution in [0.4, 0.5) is 0 Å². The lowest BCUT2D eigenvalue weighted by Crippen LogP contribution is -2.20. The average molecular weight is 395 g/mol. The lowest BCUT2D eigenvalue weighted by atomic mass is 10.1. The van der Waals surface area contributed by atoms with E-state index in [1.807, 2.05) is 28.7 Å². The first-order valence-electron chi connectivity index (χ1n) is 9.21. The van der Waals surface area contributed by atoms with Crippen molar-refractivity contribution in [1.82, 2.24) is 19.2 Å². The summed E-state index contributed by atoms with van der Waals surface area (Å²) in [6.07, 6.45) is 0.885. The van der Waals surface area contributed by atoms with Gasteiger partial charge in [0.1, 0.15) is 5.75 Å². The van der Waals surface area contributed by atoms with E-state index in [2.05, 4.69) is 42.2 Å². The van der Waals surface area contributed by atoms with Crippen molar-refractivity contribution in [2.45, 2.75) is 25.4 Å². The van der Waals surface area contributed by atoms with Gasteiger partial charge in [-0.15, -0.1) is 10.2 Å². The lowest BCUT2D eigenvalue weighted by Gasteiger charge is -2.09. The number of aromatic nitrogens is 4. The largest absolute Gasteiger partial charge is 0.494 e. The van der Waals surface area contributed by atoms with E-state index in [-0.39, 0.29) is 5.56 Å². The highest BCUT2D eigenvalue weighted by Crippen LogP contribution is 2.22. The van der Waals surface area contributed by atoms with Gasteiger partial charge in [0.25, 0.3) is 5.56 Å². The second kappa shape index (κ2) is 7.67. The van der Waals surface area contributed by atoms with Gasteiger partial charge in [0, 0.05) is 12.8 Å². The third-order valence-electron chi connectivity index (χ3n) is 4.58. The maximum atomic E-state index is 12.5. The molecule has 0 bridgehead atoms. The van der Waals surface area contributed by atoms with Crippen LogP contribution in [0.2, 0.25) is 0 Å². The van der Waals surface area contributed by atoms with Crippen LogP contribution in [-0.4, -0.2) is 31.5 Å². The molecule has 0 amide bonds. The summed E-state index contributed by atoms with van der Waals surface area (Å²) in [5.41, 5.74) is 3.18. The highest BCUT2D eigenvalue weighted by molar-refractivity contribution is 7.99. The summed E-state index contributed by atoms with van der Waals surface area (Å²) in [5, 5.41) is 9.97. The lowest BCUT2D eigenvalue weighted by molar-refractivity contribution is 0.318. The summed E-state index contributed by atoms with van der Waals surface area (Å²) >= 11 is 1.62. The van der Waals surface area contributed by atoms with Gasteiger partial charge in [-0.25, -0.2) is 0 Å². The molecule has 2 aromatic heterocycles. The number of rotatable bonds is 6. The number of nitrogens with zero attached hydrogens (tertiary/aromatic N) is 4. The van der Waals surface area contributed by atoms with Crippen LogP contribution in [0.25, 0.3) is 16.7 Å². The van der Waals surface area contributed by atoms with Gasteiger partial charge in [-0.1, -0.05) is 30.0 Å². The fourth-order valence-electron chi connectivity index (χ4n) is 3.33. The molecule has 0 N–H and O–H groups in total. The zero-order valence-corrected chi connectivity index (χ0v) is 17.0. The third kappa shape index (κ3) is 3.49. The highest BCUT2D eigenvalue weighted by atomic mass is 32.2. The molecule has 0 aliphatic heterocycles. The van der Waals surface area contributed by atoms with Crippen molar-refractivity contribution in [2.24, 2.45) is 7.05 Å². The first-order valence-corrected chi connectivity index (χ1v) is 10.2. The molecule has 2 aromatic carbocycles. The van der Waals surface area contributed by atoms with Crippen LogP contribution in [0.1, 0.15) is 17.5 Å². The van der Waals surface area contributed by atoms with Gasteiger partial charge >= 0.3 is 0 Å². The minimum atomic E-state index is -0.0612. The number of fused-ring (bicyclic) bond motifs is 3. The van der Waals surface area contributed by atoms with Gasteiger partial charge in [-0.05, 0) is 55.7 Å². The second-order valence-corrected chi connectivity index (χ2v) is 7.94. The predicted molar refractivity (Wildman–Crippen MR) is 112 cm³/mol. The van der Waals surface area contributed by atoms with Crippen LogP contribution in [0.3, 0.4) is 0 Å². The van der Waals surface area contributed by atoms with Crippen LogP contribution in [-0.2, 0) is 7.05 Å². The Bertz CT molecular complexity index is 1190. The zero-order chi connectivity index (χ0) is 19.7. The van der Waals surface area contributed by atoms with Gasteiger partial charge in [-0.2, -0.15) is 0 Å². The zero-order valence-electron chi connectivity index (χ0n) is 16.2. The van der Waals surface area contributed by atoms with Crippen molar-refractivity contribution in [1.29, 1.82) is 0 Å². The normalized spacial score (nSPS) is 11.4. The number of benzene rings is 2. The van der Waals surface area contributed by atoms with Gasteiger partial charge in [0.2, 0.25) is 5.78 Å². The summed E-state index contributed by atoms with van der Waals surface area (Å²) in [6, 6.07) is 13.8. The third-order valence-corrected chi connectivity index (χ3v) is 5.60. The van der Waals surface area contributed by atoms with Gasteiger partial charge < -0.3 is 4.74 Å². The van der Waals surface area contributed by atoms with Gasteiger partial charge in [0.05, 0.1) is 17.5 Å². The molecule has 0 aliphatic rings. The number of thioether (sulfide) groups is 1. The number of ether oxygens (including phenoxy) is 1. The quantitative estimate of drug-likeness (QED) is 0.368. The summed E-state index contributed by atoms with van der Waals surface area (Å²) in [6.45, 7) is 4.79. The van der Waals surface area contributed by atoms with E-state index in [1.54, 1.807) is 23.4 Å². The highest BCUT2D eigenvalue weighted by Gasteiger charge is 2.14. The minimum absolute atomic E-state index is 0.0612. The minimum Gasteiger partial charge on any atom is -0.494 e. The summed E-state index contributed by atoms with van der Waals surface area (Å²) < 4.78 is 9.37. The molecule has 4 rings (SSSR count). The number of hydrogen-bond acceptors (Lipinski definition) is 5. The fourth-order valence-corrected chi connectivity index (χ4v) is 4.19. The Labute approximate surface area is 167 Å². The molecule has 28 heavy (non-hydrogen) atoms. The molecule has 0 aliphatic carbocycles. The Hall–Kier alpha value is -2.80. The van der Waals surface area contributed by atoms with E-state index in [4.69, 9.17) is 4.74 Å². The fraction of sp³-hybridized carbons (Fsp3) is 0.286. The Kier molecular flexibility index (Phi) is 5.09. The molecule has 0 saturated carbocycles. The molecule has 0 fully saturated rings. The smallest absolute Gasteiger partial charge is 0.262 e. The van der Waals surface area contributed by atoms with E-state index >= 15 is 0 Å². The first kappa shape index (κ1) is 18.6. The van der Waals surface area contributed by atoms with E-state index < -0.39 is 0 Å². The van der Waals surface area contributed by atoms with Crippen molar-refractivity contribution < 1.29 is 4.74 Å². The molecular formula is C21H22N4O2S. The monoisotopic (exact) mass is 394 g/mol. The SMILES string of the molecule is Cc1cc(C)cc(OCCCSc2nnc3n(C)c(=O)c4ccccc4n23)c1. The molecule has 0 spiro atoms. The first-order chi connectivity index (χ1) is 13.5. The molecule has 2 heterocycles. The Morgan fingerprint density at radius 3 is 2.61 bits per heavy atom. The van der Waals surface area contributed by atoms with Crippen LogP contribution in [0.5, 0.6) is 5.75 Å². The Balaban J connectivity index is 1.48. The average Bonchev–Trinajstić information content (AvgIpc) is 3.09. The number of para-hydroxylation sites is 1. The Morgan fingerprint density at radius 2 is 1.82 bits per heavy atom. The molecule has 144 valence electrons. The van der Waals surface area contributed by atoms with Crippen LogP contribution in [0.15, 0.2) is 52.4 Å². The van der Waals surface area contributed by atoms with Crippen molar-refractivity contribution in [3.63, 3.8) is 0 Å². The molecule has 0 radical (unpaired) electrons. The predicted octanol–water partition coefficient (Wildman–Crippen LogP) is 3.76. The van der Waals surface area contributed by atoms with Gasteiger partial charge in [-0.3, -0.25) is 13.8 Å². The molecule has 6 nitrogen and oxygen atoms in total. The maximum absolute atomic E-state index is 12.5. The van der Waals surface area contributed by atoms with Crippen LogP contribution < -0.4 is 10.3 Å². The summed E-state index contributed by atoms with van der Waals surface area (Å²) in [4.78, 5) is 12.5. The van der Waals surface area contributed by atoms with Crippen LogP contribution >= 0.6 is 11.8 Å². The van der Waals surface area contributed by atoms with E-state index in [1.165, 1.54) is 11.1 Å². The summed E-state index contributed by atoms with van der Waals surface area (Å²) in [5.74, 6) is 2.32. The van der Waals surface area contributed by atoms with E-state index in [0.29, 0.717) is 17.8 Å². The van der Waals surface area contributed by atoms with E-state index in [0.717, 1.165) is 28.6 Å². The van der Waals surface area contributed by atoms with Crippen molar-refractivity contribution in [2.75, 3.05) is 12.4 Å². The number of hydrogen-bond donors (Lipinski definition) is 0. The standard InChI is InChI=1S/C21H22N4O2S/c1-14-11-15(2)13-16(12-14)27-9-6-10-28-21-23-22-20-24(3)19(26)17-7-4-5-8-18(17)25(20)21/h4-5,7-8,11-13H,6,9-10H2,1-3H3. The molecule has 0 atom stereocenters. The molecule has 7 heteroatoms. The van der Waals surface area contributed by atoms with Crippen molar-refractivity contribution in [3.8, 4) is 5.75 Å². The van der Waals surface area contributed by atoms with Crippen molar-refractivity contribution >= 4 is 28.4 Å². The van der Waals surface area contributed by atoms with Crippen molar-refractivity contribution in [3.05, 3.63) is 63.9 Å². The van der Waals surface area contributed by atoms with Gasteiger partial charge in [0.15, 0.2) is 5.16 Å². The topological polar surface area (TPSA) is 61.4 Å². The molecule has 0 unspecified atom stereocenters.